The van der Waals surface area contributed by atoms with E-state index in [1.807, 2.05) is 0 Å². The first-order valence-corrected chi connectivity index (χ1v) is 5.24. The lowest BCUT2D eigenvalue weighted by Crippen LogP contribution is -2.27. The van der Waals surface area contributed by atoms with Crippen LogP contribution in [0.25, 0.3) is 0 Å². The normalized spacial score (nSPS) is 9.67. The Balaban J connectivity index is 2.19. The Hall–Kier alpha value is -1.51. The Bertz CT molecular complexity index is 285. The maximum Gasteiger partial charge on any atom is 0.412 e. The van der Waals surface area contributed by atoms with Gasteiger partial charge in [0.2, 0.25) is 0 Å². The van der Waals surface area contributed by atoms with Crippen LogP contribution in [0.15, 0.2) is 24.3 Å². The zero-order valence-corrected chi connectivity index (χ0v) is 8.95. The van der Waals surface area contributed by atoms with Gasteiger partial charge in [0.1, 0.15) is 5.75 Å². The van der Waals surface area contributed by atoms with Crippen molar-refractivity contribution in [2.75, 3.05) is 6.54 Å². The van der Waals surface area contributed by atoms with E-state index in [0.29, 0.717) is 12.3 Å². The molecule has 0 unspecified atom stereocenters. The largest absolute Gasteiger partial charge is 0.412 e. The first kappa shape index (κ1) is 11.6. The summed E-state index contributed by atoms with van der Waals surface area (Å²) >= 11 is 0. The van der Waals surface area contributed by atoms with Crippen molar-refractivity contribution >= 4 is 6.09 Å². The summed E-state index contributed by atoms with van der Waals surface area (Å²) in [4.78, 5) is 11.2. The number of nitrogens with one attached hydrogen (secondary N) is 1. The molecule has 0 fully saturated rings. The first-order valence-electron chi connectivity index (χ1n) is 5.24. The van der Waals surface area contributed by atoms with Gasteiger partial charge in [0, 0.05) is 6.54 Å². The van der Waals surface area contributed by atoms with Crippen molar-refractivity contribution in [2.24, 2.45) is 0 Å². The van der Waals surface area contributed by atoms with Crippen molar-refractivity contribution in [3.63, 3.8) is 0 Å². The average Bonchev–Trinajstić information content (AvgIpc) is 2.26. The van der Waals surface area contributed by atoms with Gasteiger partial charge in [0.25, 0.3) is 0 Å². The second-order valence-corrected chi connectivity index (χ2v) is 3.26. The molecule has 0 bridgehead atoms. The van der Waals surface area contributed by atoms with Crippen LogP contribution in [0.4, 0.5) is 4.79 Å². The molecule has 0 saturated heterocycles. The molecule has 0 saturated carbocycles. The molecule has 3 nitrogen and oxygen atoms in total. The molecule has 0 aliphatic carbocycles. The van der Waals surface area contributed by atoms with Crippen molar-refractivity contribution in [3.8, 4) is 5.75 Å². The molecule has 0 aliphatic heterocycles. The average molecular weight is 206 g/mol. The van der Waals surface area contributed by atoms with Gasteiger partial charge in [0.05, 0.1) is 0 Å². The minimum Gasteiger partial charge on any atom is -0.410 e. The summed E-state index contributed by atoms with van der Waals surface area (Å²) in [5.74, 6) is 0.543. The van der Waals surface area contributed by atoms with Crippen LogP contribution in [0, 0.1) is 6.07 Å². The van der Waals surface area contributed by atoms with Crippen LogP contribution >= 0.6 is 0 Å². The summed E-state index contributed by atoms with van der Waals surface area (Å²) in [6.07, 6.45) is 2.87. The summed E-state index contributed by atoms with van der Waals surface area (Å²) in [5, 5.41) is 2.69. The number of carbonyl (C=O) groups is 1. The highest BCUT2D eigenvalue weighted by Crippen LogP contribution is 2.07. The van der Waals surface area contributed by atoms with Crippen LogP contribution < -0.4 is 10.1 Å². The summed E-state index contributed by atoms with van der Waals surface area (Å²) in [6.45, 7) is 2.80. The molecule has 0 aromatic heterocycles. The van der Waals surface area contributed by atoms with E-state index < -0.39 is 6.09 Å². The molecule has 3 heteroatoms. The number of unbranched alkanes of at least 4 members (excludes halogenated alkanes) is 2. The first-order chi connectivity index (χ1) is 7.33. The van der Waals surface area contributed by atoms with Crippen molar-refractivity contribution in [3.05, 3.63) is 30.3 Å². The maximum atomic E-state index is 11.2. The number of hydrogen-bond acceptors (Lipinski definition) is 2. The maximum absolute atomic E-state index is 11.2. The van der Waals surface area contributed by atoms with Gasteiger partial charge in [-0.1, -0.05) is 31.9 Å². The highest BCUT2D eigenvalue weighted by Gasteiger charge is 2.01. The van der Waals surface area contributed by atoms with Crippen LogP contribution in [0.5, 0.6) is 5.75 Å². The van der Waals surface area contributed by atoms with Gasteiger partial charge in [-0.2, -0.15) is 0 Å². The summed E-state index contributed by atoms with van der Waals surface area (Å²) in [7, 11) is 0. The lowest BCUT2D eigenvalue weighted by molar-refractivity contribution is 0.200. The van der Waals surface area contributed by atoms with E-state index in [-0.39, 0.29) is 0 Å². The van der Waals surface area contributed by atoms with Crippen LogP contribution in [0.2, 0.25) is 0 Å². The van der Waals surface area contributed by atoms with E-state index >= 15 is 0 Å². The Morgan fingerprint density at radius 2 is 2.13 bits per heavy atom. The molecule has 15 heavy (non-hydrogen) atoms. The highest BCUT2D eigenvalue weighted by atomic mass is 16.5. The van der Waals surface area contributed by atoms with E-state index in [9.17, 15) is 4.79 Å². The van der Waals surface area contributed by atoms with Gasteiger partial charge in [-0.25, -0.2) is 4.79 Å². The lowest BCUT2D eigenvalue weighted by Gasteiger charge is -2.05. The fraction of sp³-hybridized carbons (Fsp3) is 0.417. The van der Waals surface area contributed by atoms with Crippen LogP contribution in [-0.2, 0) is 0 Å². The van der Waals surface area contributed by atoms with Gasteiger partial charge < -0.3 is 10.1 Å². The number of ether oxygens (including phenoxy) is 1. The Morgan fingerprint density at radius 3 is 2.80 bits per heavy atom. The third-order valence-electron chi connectivity index (χ3n) is 1.95. The van der Waals surface area contributed by atoms with Gasteiger partial charge in [-0.3, -0.25) is 0 Å². The van der Waals surface area contributed by atoms with Gasteiger partial charge >= 0.3 is 6.09 Å². The predicted molar refractivity (Wildman–Crippen MR) is 58.8 cm³/mol. The molecule has 1 N–H and O–H groups in total. The molecular weight excluding hydrogens is 190 g/mol. The zero-order valence-electron chi connectivity index (χ0n) is 8.95. The van der Waals surface area contributed by atoms with E-state index in [2.05, 4.69) is 18.3 Å². The second-order valence-electron chi connectivity index (χ2n) is 3.26. The number of benzene rings is 1. The van der Waals surface area contributed by atoms with Gasteiger partial charge in [0.15, 0.2) is 0 Å². The zero-order chi connectivity index (χ0) is 10.9. The molecule has 0 heterocycles. The standard InChI is InChI=1S/C12H16NO2/c1-2-3-7-10-13-12(14)15-11-8-5-4-6-9-11/h5-6,8-9H,2-3,7,10H2,1H3,(H,13,14). The van der Waals surface area contributed by atoms with Crippen LogP contribution in [-0.4, -0.2) is 12.6 Å². The van der Waals surface area contributed by atoms with Crippen LogP contribution in [0.3, 0.4) is 0 Å². The molecule has 1 aromatic carbocycles. The fourth-order valence-electron chi connectivity index (χ4n) is 1.15. The third-order valence-corrected chi connectivity index (χ3v) is 1.95. The minimum absolute atomic E-state index is 0.391. The minimum atomic E-state index is -0.391. The molecular formula is C12H16NO2. The van der Waals surface area contributed by atoms with Crippen molar-refractivity contribution < 1.29 is 9.53 Å². The van der Waals surface area contributed by atoms with E-state index in [0.717, 1.165) is 19.3 Å². The quantitative estimate of drug-likeness (QED) is 0.752. The van der Waals surface area contributed by atoms with Gasteiger partial charge in [-0.15, -0.1) is 0 Å². The van der Waals surface area contributed by atoms with Crippen molar-refractivity contribution in [1.82, 2.24) is 5.32 Å². The monoisotopic (exact) mass is 206 g/mol. The van der Waals surface area contributed by atoms with Crippen LogP contribution in [0.1, 0.15) is 26.2 Å². The molecule has 1 radical (unpaired) electrons. The third kappa shape index (κ3) is 5.05. The predicted octanol–water partition coefficient (Wildman–Crippen LogP) is 2.77. The second kappa shape index (κ2) is 6.87. The molecule has 0 aliphatic rings. The van der Waals surface area contributed by atoms with Gasteiger partial charge in [-0.05, 0) is 24.6 Å². The molecule has 1 amide bonds. The number of rotatable bonds is 5. The Kier molecular flexibility index (Phi) is 5.30. The summed E-state index contributed by atoms with van der Waals surface area (Å²) in [6, 6.07) is 9.67. The number of amides is 1. The summed E-state index contributed by atoms with van der Waals surface area (Å²) < 4.78 is 5.02. The SMILES string of the molecule is CCCCCNC(=O)Oc1cc[c]cc1. The molecule has 81 valence electrons. The molecule has 1 aromatic rings. The Morgan fingerprint density at radius 1 is 1.40 bits per heavy atom. The van der Waals surface area contributed by atoms with Crippen molar-refractivity contribution in [2.45, 2.75) is 26.2 Å². The Labute approximate surface area is 90.4 Å². The van der Waals surface area contributed by atoms with E-state index in [1.54, 1.807) is 24.3 Å². The summed E-state index contributed by atoms with van der Waals surface area (Å²) in [5.41, 5.74) is 0. The lowest BCUT2D eigenvalue weighted by atomic mass is 10.2. The van der Waals surface area contributed by atoms with E-state index in [4.69, 9.17) is 4.74 Å². The number of hydrogen-bond donors (Lipinski definition) is 1. The number of carbonyl (C=O) groups excluding carboxylic acids is 1. The molecule has 0 atom stereocenters. The molecule has 1 rings (SSSR count). The molecule has 0 spiro atoms. The fourth-order valence-corrected chi connectivity index (χ4v) is 1.15. The van der Waals surface area contributed by atoms with Crippen molar-refractivity contribution in [1.29, 1.82) is 0 Å². The highest BCUT2D eigenvalue weighted by molar-refractivity contribution is 5.70. The topological polar surface area (TPSA) is 38.3 Å². The van der Waals surface area contributed by atoms with E-state index in [1.165, 1.54) is 0 Å². The smallest absolute Gasteiger partial charge is 0.410 e.